The van der Waals surface area contributed by atoms with Crippen molar-refractivity contribution in [3.8, 4) is 0 Å². The van der Waals surface area contributed by atoms with Gasteiger partial charge in [0.25, 0.3) is 5.91 Å². The van der Waals surface area contributed by atoms with Gasteiger partial charge in [0, 0.05) is 19.8 Å². The zero-order valence-corrected chi connectivity index (χ0v) is 16.0. The van der Waals surface area contributed by atoms with Crippen LogP contribution in [-0.2, 0) is 14.3 Å². The summed E-state index contributed by atoms with van der Waals surface area (Å²) in [5.41, 5.74) is -0.0709. The Morgan fingerprint density at radius 2 is 2.11 bits per heavy atom. The minimum absolute atomic E-state index is 0.0709. The normalized spacial score (nSPS) is 17.7. The third-order valence-corrected chi connectivity index (χ3v) is 4.45. The molecule has 1 aliphatic heterocycles. The van der Waals surface area contributed by atoms with Gasteiger partial charge in [0.2, 0.25) is 5.91 Å². The monoisotopic (exact) mass is 380 g/mol. The lowest BCUT2D eigenvalue weighted by atomic mass is 10.0. The average Bonchev–Trinajstić information content (AvgIpc) is 3.15. The van der Waals surface area contributed by atoms with Crippen LogP contribution in [0.5, 0.6) is 0 Å². The van der Waals surface area contributed by atoms with Gasteiger partial charge >= 0.3 is 0 Å². The summed E-state index contributed by atoms with van der Waals surface area (Å²) in [5.74, 6) is -1.62. The van der Waals surface area contributed by atoms with Crippen molar-refractivity contribution < 1.29 is 23.5 Å². The van der Waals surface area contributed by atoms with E-state index in [1.54, 1.807) is 6.07 Å². The first-order valence-electron chi connectivity index (χ1n) is 9.51. The van der Waals surface area contributed by atoms with Gasteiger partial charge in [-0.15, -0.1) is 0 Å². The second kappa shape index (κ2) is 11.0. The van der Waals surface area contributed by atoms with Crippen LogP contribution in [0, 0.1) is 11.7 Å². The second-order valence-electron chi connectivity index (χ2n) is 7.03. The topological polar surface area (TPSA) is 76.7 Å². The number of carbonyl (C=O) groups excluding carboxylic acids is 2. The van der Waals surface area contributed by atoms with E-state index in [4.69, 9.17) is 9.47 Å². The average molecular weight is 380 g/mol. The van der Waals surface area contributed by atoms with Crippen molar-refractivity contribution in [2.45, 2.75) is 45.3 Å². The van der Waals surface area contributed by atoms with E-state index >= 15 is 0 Å². The van der Waals surface area contributed by atoms with Crippen LogP contribution in [0.4, 0.5) is 4.39 Å². The molecule has 2 atom stereocenters. The SMILES string of the molecule is CC(C)C(NC(=O)c1ccccc1F)C(=O)NCCCOCC1CCCO1. The van der Waals surface area contributed by atoms with Crippen molar-refractivity contribution in [3.63, 3.8) is 0 Å². The zero-order chi connectivity index (χ0) is 19.6. The number of halogens is 1. The number of amides is 2. The Morgan fingerprint density at radius 3 is 2.78 bits per heavy atom. The van der Waals surface area contributed by atoms with Gasteiger partial charge in [-0.05, 0) is 37.3 Å². The molecule has 1 aromatic rings. The van der Waals surface area contributed by atoms with Gasteiger partial charge in [0.1, 0.15) is 11.9 Å². The summed E-state index contributed by atoms with van der Waals surface area (Å²) in [5, 5.41) is 5.43. The van der Waals surface area contributed by atoms with E-state index < -0.39 is 17.8 Å². The van der Waals surface area contributed by atoms with Crippen LogP contribution in [0.15, 0.2) is 24.3 Å². The van der Waals surface area contributed by atoms with Crippen LogP contribution >= 0.6 is 0 Å². The summed E-state index contributed by atoms with van der Waals surface area (Å²) >= 11 is 0. The van der Waals surface area contributed by atoms with Crippen molar-refractivity contribution >= 4 is 11.8 Å². The maximum absolute atomic E-state index is 13.7. The van der Waals surface area contributed by atoms with Crippen LogP contribution in [0.1, 0.15) is 43.5 Å². The molecule has 2 rings (SSSR count). The highest BCUT2D eigenvalue weighted by atomic mass is 19.1. The van der Waals surface area contributed by atoms with Crippen molar-refractivity contribution in [2.24, 2.45) is 5.92 Å². The molecule has 0 aliphatic carbocycles. The molecule has 0 aromatic heterocycles. The van der Waals surface area contributed by atoms with Crippen LogP contribution in [0.25, 0.3) is 0 Å². The largest absolute Gasteiger partial charge is 0.379 e. The smallest absolute Gasteiger partial charge is 0.254 e. The van der Waals surface area contributed by atoms with E-state index in [0.29, 0.717) is 26.2 Å². The number of ether oxygens (including phenoxy) is 2. The summed E-state index contributed by atoms with van der Waals surface area (Å²) in [6.07, 6.45) is 2.98. The molecule has 0 bridgehead atoms. The van der Waals surface area contributed by atoms with Crippen molar-refractivity contribution in [1.82, 2.24) is 10.6 Å². The molecule has 27 heavy (non-hydrogen) atoms. The molecule has 1 aromatic carbocycles. The van der Waals surface area contributed by atoms with Gasteiger partial charge in [-0.25, -0.2) is 4.39 Å². The number of rotatable bonds is 10. The number of hydrogen-bond donors (Lipinski definition) is 2. The van der Waals surface area contributed by atoms with Gasteiger partial charge in [-0.3, -0.25) is 9.59 Å². The van der Waals surface area contributed by atoms with E-state index in [0.717, 1.165) is 19.4 Å². The lowest BCUT2D eigenvalue weighted by molar-refractivity contribution is -0.124. The Balaban J connectivity index is 1.72. The van der Waals surface area contributed by atoms with E-state index in [9.17, 15) is 14.0 Å². The van der Waals surface area contributed by atoms with E-state index in [-0.39, 0.29) is 23.5 Å². The lowest BCUT2D eigenvalue weighted by Gasteiger charge is -2.22. The minimum atomic E-state index is -0.732. The molecule has 1 saturated heterocycles. The van der Waals surface area contributed by atoms with Gasteiger partial charge in [0.05, 0.1) is 18.3 Å². The molecule has 1 aliphatic rings. The van der Waals surface area contributed by atoms with Gasteiger partial charge in [0.15, 0.2) is 0 Å². The number of benzene rings is 1. The molecule has 0 spiro atoms. The Morgan fingerprint density at radius 1 is 1.33 bits per heavy atom. The van der Waals surface area contributed by atoms with Crippen LogP contribution in [-0.4, -0.2) is 50.3 Å². The Kier molecular flexibility index (Phi) is 8.67. The van der Waals surface area contributed by atoms with Gasteiger partial charge in [-0.2, -0.15) is 0 Å². The second-order valence-corrected chi connectivity index (χ2v) is 7.03. The van der Waals surface area contributed by atoms with E-state index in [1.165, 1.54) is 18.2 Å². The predicted molar refractivity (Wildman–Crippen MR) is 99.9 cm³/mol. The molecule has 7 heteroatoms. The highest BCUT2D eigenvalue weighted by Gasteiger charge is 2.25. The van der Waals surface area contributed by atoms with Crippen LogP contribution in [0.2, 0.25) is 0 Å². The predicted octanol–water partition coefficient (Wildman–Crippen LogP) is 2.28. The first-order valence-corrected chi connectivity index (χ1v) is 9.51. The molecule has 0 radical (unpaired) electrons. The first-order chi connectivity index (χ1) is 13.0. The lowest BCUT2D eigenvalue weighted by Crippen LogP contribution is -2.50. The van der Waals surface area contributed by atoms with Crippen LogP contribution < -0.4 is 10.6 Å². The molecule has 1 fully saturated rings. The molecule has 2 amide bonds. The standard InChI is InChI=1S/C20H29FN2O4/c1-14(2)18(23-19(24)16-8-3-4-9-17(16)21)20(25)22-10-6-11-26-13-15-7-5-12-27-15/h3-4,8-9,14-15,18H,5-7,10-13H2,1-2H3,(H,22,25)(H,23,24). The Hall–Kier alpha value is -1.99. The molecule has 2 N–H and O–H groups in total. The third-order valence-electron chi connectivity index (χ3n) is 4.45. The quantitative estimate of drug-likeness (QED) is 0.611. The number of carbonyl (C=O) groups is 2. The maximum atomic E-state index is 13.7. The molecular weight excluding hydrogens is 351 g/mol. The Labute approximate surface area is 159 Å². The van der Waals surface area contributed by atoms with Crippen LogP contribution in [0.3, 0.4) is 0 Å². The molecule has 6 nitrogen and oxygen atoms in total. The number of hydrogen-bond acceptors (Lipinski definition) is 4. The highest BCUT2D eigenvalue weighted by Crippen LogP contribution is 2.12. The highest BCUT2D eigenvalue weighted by molar-refractivity contribution is 5.97. The fraction of sp³-hybridized carbons (Fsp3) is 0.600. The van der Waals surface area contributed by atoms with E-state index in [2.05, 4.69) is 10.6 Å². The summed E-state index contributed by atoms with van der Waals surface area (Å²) in [6.45, 7) is 6.03. The van der Waals surface area contributed by atoms with Gasteiger partial charge in [-0.1, -0.05) is 26.0 Å². The maximum Gasteiger partial charge on any atom is 0.254 e. The van der Waals surface area contributed by atoms with Crippen molar-refractivity contribution in [2.75, 3.05) is 26.4 Å². The van der Waals surface area contributed by atoms with E-state index in [1.807, 2.05) is 13.8 Å². The molecule has 150 valence electrons. The summed E-state index contributed by atoms with van der Waals surface area (Å²) in [4.78, 5) is 24.7. The molecular formula is C20H29FN2O4. The summed E-state index contributed by atoms with van der Waals surface area (Å²) in [7, 11) is 0. The Bertz CT molecular complexity index is 618. The molecule has 2 unspecified atom stereocenters. The fourth-order valence-corrected chi connectivity index (χ4v) is 2.89. The first kappa shape index (κ1) is 21.3. The number of nitrogens with one attached hydrogen (secondary N) is 2. The van der Waals surface area contributed by atoms with Crippen molar-refractivity contribution in [3.05, 3.63) is 35.6 Å². The summed E-state index contributed by atoms with van der Waals surface area (Å²) in [6, 6.07) is 4.98. The van der Waals surface area contributed by atoms with Gasteiger partial charge < -0.3 is 20.1 Å². The fourth-order valence-electron chi connectivity index (χ4n) is 2.89. The molecule has 1 heterocycles. The van der Waals surface area contributed by atoms with Crippen molar-refractivity contribution in [1.29, 1.82) is 0 Å². The molecule has 0 saturated carbocycles. The minimum Gasteiger partial charge on any atom is -0.379 e. The third kappa shape index (κ3) is 6.92. The zero-order valence-electron chi connectivity index (χ0n) is 16.0. The summed E-state index contributed by atoms with van der Waals surface area (Å²) < 4.78 is 24.8.